The van der Waals surface area contributed by atoms with Gasteiger partial charge in [0.05, 0.1) is 7.11 Å². The summed E-state index contributed by atoms with van der Waals surface area (Å²) in [5.41, 5.74) is 6.90. The van der Waals surface area contributed by atoms with Crippen LogP contribution in [0.5, 0.6) is 5.75 Å². The minimum absolute atomic E-state index is 0.0298. The number of hydrogen-bond acceptors (Lipinski definition) is 5. The third-order valence-electron chi connectivity index (χ3n) is 2.81. The first-order valence-corrected chi connectivity index (χ1v) is 8.19. The number of pyridine rings is 1. The number of nitrogens with two attached hydrogens (primary N) is 1. The first-order valence-electron chi connectivity index (χ1n) is 5.92. The number of sulfonamides is 1. The van der Waals surface area contributed by atoms with Crippen LogP contribution in [0.4, 0.5) is 11.5 Å². The number of halogens is 1. The van der Waals surface area contributed by atoms with Crippen molar-refractivity contribution in [2.24, 2.45) is 0 Å². The fourth-order valence-corrected chi connectivity index (χ4v) is 3.11. The monoisotopic (exact) mass is 371 g/mol. The molecule has 0 aliphatic rings. The number of nitrogens with one attached hydrogen (secondary N) is 1. The van der Waals surface area contributed by atoms with E-state index in [4.69, 9.17) is 10.5 Å². The van der Waals surface area contributed by atoms with Gasteiger partial charge in [-0.2, -0.15) is 0 Å². The van der Waals surface area contributed by atoms with Crippen molar-refractivity contribution in [2.75, 3.05) is 17.6 Å². The van der Waals surface area contributed by atoms with E-state index in [1.54, 1.807) is 25.1 Å². The smallest absolute Gasteiger partial charge is 0.266 e. The largest absolute Gasteiger partial charge is 0.495 e. The van der Waals surface area contributed by atoms with Crippen molar-refractivity contribution in [1.82, 2.24) is 4.98 Å². The Morgan fingerprint density at radius 3 is 2.62 bits per heavy atom. The molecular formula is C13H14BrN3O3S. The van der Waals surface area contributed by atoms with Crippen molar-refractivity contribution in [3.63, 3.8) is 0 Å². The molecular weight excluding hydrogens is 358 g/mol. The van der Waals surface area contributed by atoms with E-state index >= 15 is 0 Å². The van der Waals surface area contributed by atoms with Crippen molar-refractivity contribution in [3.05, 3.63) is 40.5 Å². The SMILES string of the molecule is COc1cc(C)c(N)cc1S(=O)(=O)Nc1ccc(Br)cn1. The van der Waals surface area contributed by atoms with E-state index in [1.165, 1.54) is 19.4 Å². The van der Waals surface area contributed by atoms with E-state index in [9.17, 15) is 8.42 Å². The molecule has 0 saturated heterocycles. The fourth-order valence-electron chi connectivity index (χ4n) is 1.68. The van der Waals surface area contributed by atoms with E-state index in [2.05, 4.69) is 25.6 Å². The molecule has 0 saturated carbocycles. The van der Waals surface area contributed by atoms with Crippen molar-refractivity contribution >= 4 is 37.5 Å². The van der Waals surface area contributed by atoms with Crippen LogP contribution in [0.2, 0.25) is 0 Å². The molecule has 1 aromatic heterocycles. The minimum atomic E-state index is -3.84. The standard InChI is InChI=1S/C13H14BrN3O3S/c1-8-5-11(20-2)12(6-10(8)15)21(18,19)17-13-4-3-9(14)7-16-13/h3-7H,15H2,1-2H3,(H,16,17). The molecule has 21 heavy (non-hydrogen) atoms. The molecule has 0 amide bonds. The molecule has 0 radical (unpaired) electrons. The minimum Gasteiger partial charge on any atom is -0.495 e. The number of aromatic nitrogens is 1. The molecule has 2 rings (SSSR count). The van der Waals surface area contributed by atoms with Gasteiger partial charge in [-0.3, -0.25) is 4.72 Å². The van der Waals surface area contributed by atoms with Gasteiger partial charge in [0.25, 0.3) is 10.0 Å². The predicted molar refractivity (Wildman–Crippen MR) is 84.9 cm³/mol. The van der Waals surface area contributed by atoms with E-state index in [1.807, 2.05) is 0 Å². The topological polar surface area (TPSA) is 94.3 Å². The average Bonchev–Trinajstić information content (AvgIpc) is 2.43. The second-order valence-electron chi connectivity index (χ2n) is 4.33. The molecule has 6 nitrogen and oxygen atoms in total. The zero-order valence-corrected chi connectivity index (χ0v) is 13.8. The van der Waals surface area contributed by atoms with Gasteiger partial charge in [0, 0.05) is 16.4 Å². The Kier molecular flexibility index (Phi) is 4.38. The Bertz CT molecular complexity index is 761. The van der Waals surface area contributed by atoms with Gasteiger partial charge in [-0.1, -0.05) is 0 Å². The van der Waals surface area contributed by atoms with Crippen LogP contribution in [0.3, 0.4) is 0 Å². The predicted octanol–water partition coefficient (Wildman–Crippen LogP) is 2.54. The quantitative estimate of drug-likeness (QED) is 0.805. The Morgan fingerprint density at radius 1 is 1.33 bits per heavy atom. The third kappa shape index (κ3) is 3.45. The zero-order valence-electron chi connectivity index (χ0n) is 11.4. The van der Waals surface area contributed by atoms with E-state index in [0.717, 1.165) is 10.0 Å². The van der Waals surface area contributed by atoms with Crippen LogP contribution in [-0.2, 0) is 10.0 Å². The highest BCUT2D eigenvalue weighted by atomic mass is 79.9. The first-order chi connectivity index (χ1) is 9.83. The highest BCUT2D eigenvalue weighted by Gasteiger charge is 2.21. The van der Waals surface area contributed by atoms with E-state index in [0.29, 0.717) is 5.69 Å². The van der Waals surface area contributed by atoms with Crippen molar-refractivity contribution in [1.29, 1.82) is 0 Å². The van der Waals surface area contributed by atoms with Gasteiger partial charge in [0.15, 0.2) is 0 Å². The summed E-state index contributed by atoms with van der Waals surface area (Å²) < 4.78 is 33.1. The Labute approximate surface area is 131 Å². The lowest BCUT2D eigenvalue weighted by atomic mass is 10.2. The number of methoxy groups -OCH3 is 1. The molecule has 1 aromatic carbocycles. The number of ether oxygens (including phenoxy) is 1. The van der Waals surface area contributed by atoms with Crippen molar-refractivity contribution in [2.45, 2.75) is 11.8 Å². The van der Waals surface area contributed by atoms with E-state index < -0.39 is 10.0 Å². The third-order valence-corrected chi connectivity index (χ3v) is 4.65. The van der Waals surface area contributed by atoms with Crippen LogP contribution in [0.15, 0.2) is 39.8 Å². The summed E-state index contributed by atoms with van der Waals surface area (Å²) in [6.45, 7) is 1.78. The lowest BCUT2D eigenvalue weighted by Gasteiger charge is -2.13. The highest BCUT2D eigenvalue weighted by molar-refractivity contribution is 9.10. The average molecular weight is 372 g/mol. The summed E-state index contributed by atoms with van der Waals surface area (Å²) in [6.07, 6.45) is 1.50. The molecule has 1 heterocycles. The summed E-state index contributed by atoms with van der Waals surface area (Å²) in [7, 11) is -2.44. The van der Waals surface area contributed by atoms with Crippen molar-refractivity contribution < 1.29 is 13.2 Å². The van der Waals surface area contributed by atoms with Gasteiger partial charge in [-0.05, 0) is 52.7 Å². The number of benzene rings is 1. The van der Waals surface area contributed by atoms with Gasteiger partial charge in [0.1, 0.15) is 16.5 Å². The van der Waals surface area contributed by atoms with Crippen LogP contribution in [0, 0.1) is 6.92 Å². The first kappa shape index (κ1) is 15.6. The summed E-state index contributed by atoms with van der Waals surface area (Å²) in [4.78, 5) is 3.95. The second kappa shape index (κ2) is 5.90. The molecule has 8 heteroatoms. The second-order valence-corrected chi connectivity index (χ2v) is 6.89. The van der Waals surface area contributed by atoms with Gasteiger partial charge in [0.2, 0.25) is 0 Å². The van der Waals surface area contributed by atoms with Gasteiger partial charge >= 0.3 is 0 Å². The molecule has 0 aliphatic carbocycles. The molecule has 112 valence electrons. The summed E-state index contributed by atoms with van der Waals surface area (Å²) >= 11 is 3.23. The van der Waals surface area contributed by atoms with Crippen LogP contribution in [0.1, 0.15) is 5.56 Å². The maximum Gasteiger partial charge on any atom is 0.266 e. The maximum absolute atomic E-state index is 12.4. The molecule has 3 N–H and O–H groups in total. The fraction of sp³-hybridized carbons (Fsp3) is 0.154. The molecule has 2 aromatic rings. The molecule has 0 fully saturated rings. The Balaban J connectivity index is 2.44. The Hall–Kier alpha value is -1.80. The number of nitrogens with zero attached hydrogens (tertiary/aromatic N) is 1. The van der Waals surface area contributed by atoms with Crippen LogP contribution in [0.25, 0.3) is 0 Å². The zero-order chi connectivity index (χ0) is 15.6. The number of rotatable bonds is 4. The van der Waals surface area contributed by atoms with Crippen molar-refractivity contribution in [3.8, 4) is 5.75 Å². The number of anilines is 2. The summed E-state index contributed by atoms with van der Waals surface area (Å²) in [5, 5.41) is 0. The maximum atomic E-state index is 12.4. The molecule has 0 unspecified atom stereocenters. The lowest BCUT2D eigenvalue weighted by molar-refractivity contribution is 0.402. The van der Waals surface area contributed by atoms with Gasteiger partial charge in [-0.15, -0.1) is 0 Å². The van der Waals surface area contributed by atoms with Crippen LogP contribution in [-0.4, -0.2) is 20.5 Å². The van der Waals surface area contributed by atoms with E-state index in [-0.39, 0.29) is 16.5 Å². The summed E-state index contributed by atoms with van der Waals surface area (Å²) in [6, 6.07) is 6.19. The normalized spacial score (nSPS) is 11.2. The Morgan fingerprint density at radius 2 is 2.05 bits per heavy atom. The molecule has 0 atom stereocenters. The molecule has 0 spiro atoms. The van der Waals surface area contributed by atoms with Crippen LogP contribution < -0.4 is 15.2 Å². The number of aryl methyl sites for hydroxylation is 1. The lowest BCUT2D eigenvalue weighted by Crippen LogP contribution is -2.15. The molecule has 0 bridgehead atoms. The van der Waals surface area contributed by atoms with Crippen LogP contribution >= 0.6 is 15.9 Å². The number of nitrogen functional groups attached to an aromatic ring is 1. The highest BCUT2D eigenvalue weighted by Crippen LogP contribution is 2.30. The van der Waals surface area contributed by atoms with Gasteiger partial charge in [-0.25, -0.2) is 13.4 Å². The molecule has 0 aliphatic heterocycles. The summed E-state index contributed by atoms with van der Waals surface area (Å²) in [5.74, 6) is 0.436. The van der Waals surface area contributed by atoms with Gasteiger partial charge < -0.3 is 10.5 Å². The number of hydrogen-bond donors (Lipinski definition) is 2.